The molecule has 130 valence electrons. The summed E-state index contributed by atoms with van der Waals surface area (Å²) in [5.74, 6) is -0.900. The molecule has 3 nitrogen and oxygen atoms in total. The highest BCUT2D eigenvalue weighted by atomic mass is 16.4. The smallest absolute Gasteiger partial charge is 0.328 e. The van der Waals surface area contributed by atoms with Crippen LogP contribution in [-0.2, 0) is 4.79 Å². The zero-order valence-corrected chi connectivity index (χ0v) is 15.1. The van der Waals surface area contributed by atoms with E-state index in [2.05, 4.69) is 32.9 Å². The Bertz CT molecular complexity index is 475. The number of carbonyl (C=O) groups is 1. The second kappa shape index (κ2) is 12.9. The molecule has 23 heavy (non-hydrogen) atoms. The minimum absolute atomic E-state index is 0.0757. The van der Waals surface area contributed by atoms with Gasteiger partial charge in [0.15, 0.2) is 0 Å². The molecule has 0 atom stereocenters. The number of carboxylic acid groups (broad SMARTS) is 1. The van der Waals surface area contributed by atoms with Gasteiger partial charge in [0.05, 0.1) is 6.61 Å². The van der Waals surface area contributed by atoms with Crippen LogP contribution >= 0.6 is 0 Å². The molecule has 3 heteroatoms. The number of aliphatic hydroxyl groups excluding tert-OH is 1. The zero-order valence-electron chi connectivity index (χ0n) is 15.1. The van der Waals surface area contributed by atoms with E-state index in [-0.39, 0.29) is 6.61 Å². The zero-order chi connectivity index (χ0) is 17.7. The number of rotatable bonds is 11. The van der Waals surface area contributed by atoms with Crippen LogP contribution in [0.15, 0.2) is 46.6 Å². The van der Waals surface area contributed by atoms with E-state index in [1.54, 1.807) is 0 Å². The van der Waals surface area contributed by atoms with E-state index in [9.17, 15) is 9.90 Å². The molecular weight excluding hydrogens is 288 g/mol. The van der Waals surface area contributed by atoms with Gasteiger partial charge in [0.25, 0.3) is 0 Å². The second-order valence-corrected chi connectivity index (χ2v) is 6.30. The van der Waals surface area contributed by atoms with Crippen molar-refractivity contribution in [2.45, 2.75) is 66.2 Å². The molecule has 0 saturated carbocycles. The van der Waals surface area contributed by atoms with E-state index in [0.29, 0.717) is 6.42 Å². The van der Waals surface area contributed by atoms with Gasteiger partial charge in [-0.05, 0) is 71.8 Å². The molecule has 0 unspecified atom stereocenters. The van der Waals surface area contributed by atoms with Crippen LogP contribution in [0.2, 0.25) is 0 Å². The lowest BCUT2D eigenvalue weighted by atomic mass is 10.0. The lowest BCUT2D eigenvalue weighted by molar-refractivity contribution is -0.131. The monoisotopic (exact) mass is 320 g/mol. The molecule has 0 fully saturated rings. The van der Waals surface area contributed by atoms with Crippen molar-refractivity contribution in [3.63, 3.8) is 0 Å². The van der Waals surface area contributed by atoms with E-state index in [4.69, 9.17) is 5.11 Å². The van der Waals surface area contributed by atoms with Gasteiger partial charge in [-0.15, -0.1) is 0 Å². The molecular formula is C20H32O3. The number of carboxylic acids is 1. The van der Waals surface area contributed by atoms with Gasteiger partial charge in [-0.1, -0.05) is 34.9 Å². The lowest BCUT2D eigenvalue weighted by Gasteiger charge is -2.04. The Morgan fingerprint density at radius 3 is 1.96 bits per heavy atom. The third kappa shape index (κ3) is 13.8. The fourth-order valence-electron chi connectivity index (χ4n) is 2.23. The maximum Gasteiger partial charge on any atom is 0.328 e. The molecule has 0 heterocycles. The van der Waals surface area contributed by atoms with Crippen LogP contribution in [0.5, 0.6) is 0 Å². The van der Waals surface area contributed by atoms with Crippen molar-refractivity contribution in [2.24, 2.45) is 0 Å². The van der Waals surface area contributed by atoms with Gasteiger partial charge in [0.1, 0.15) is 0 Å². The number of aliphatic carboxylic acids is 1. The van der Waals surface area contributed by atoms with Crippen molar-refractivity contribution < 1.29 is 15.0 Å². The summed E-state index contributed by atoms with van der Waals surface area (Å²) >= 11 is 0. The van der Waals surface area contributed by atoms with E-state index >= 15 is 0 Å². The first-order valence-corrected chi connectivity index (χ1v) is 8.33. The van der Waals surface area contributed by atoms with Crippen molar-refractivity contribution in [3.8, 4) is 0 Å². The summed E-state index contributed by atoms with van der Waals surface area (Å²) in [5, 5.41) is 18.1. The Labute approximate surface area is 141 Å². The largest absolute Gasteiger partial charge is 0.478 e. The van der Waals surface area contributed by atoms with Crippen molar-refractivity contribution in [3.05, 3.63) is 46.6 Å². The summed E-state index contributed by atoms with van der Waals surface area (Å²) in [4.78, 5) is 10.5. The van der Waals surface area contributed by atoms with Crippen molar-refractivity contribution >= 4 is 5.97 Å². The average molecular weight is 320 g/mol. The van der Waals surface area contributed by atoms with Gasteiger partial charge in [-0.2, -0.15) is 0 Å². The van der Waals surface area contributed by atoms with Gasteiger partial charge in [-0.25, -0.2) is 4.79 Å². The fraction of sp³-hybridized carbons (Fsp3) is 0.550. The number of hydrogen-bond acceptors (Lipinski definition) is 2. The number of allylic oxidation sites excluding steroid dienone is 6. The van der Waals surface area contributed by atoms with Gasteiger partial charge in [0.2, 0.25) is 0 Å². The van der Waals surface area contributed by atoms with Gasteiger partial charge in [0, 0.05) is 6.08 Å². The molecule has 0 rings (SSSR count). The first-order valence-electron chi connectivity index (χ1n) is 8.33. The summed E-state index contributed by atoms with van der Waals surface area (Å²) in [6.07, 6.45) is 13.2. The van der Waals surface area contributed by atoms with Gasteiger partial charge >= 0.3 is 5.97 Å². The van der Waals surface area contributed by atoms with E-state index < -0.39 is 5.97 Å². The molecule has 0 bridgehead atoms. The molecule has 0 aromatic carbocycles. The van der Waals surface area contributed by atoms with Crippen molar-refractivity contribution in [1.29, 1.82) is 0 Å². The molecule has 0 aromatic heterocycles. The Hall–Kier alpha value is -1.61. The van der Waals surface area contributed by atoms with E-state index in [0.717, 1.165) is 43.3 Å². The van der Waals surface area contributed by atoms with Crippen molar-refractivity contribution in [2.75, 3.05) is 6.61 Å². The standard InChI is InChI=1S/C20H32O3/c1-16(2)8-5-9-17(3)10-6-12-19(15-21)13-7-11-18(4)14-20(22)23/h8,10,13-14,21H,5-7,9,11-12,15H2,1-4H3,(H,22,23)/b17-10+,18-14+,19-13-. The second-order valence-electron chi connectivity index (χ2n) is 6.30. The highest BCUT2D eigenvalue weighted by molar-refractivity contribution is 5.80. The summed E-state index contributed by atoms with van der Waals surface area (Å²) < 4.78 is 0. The third-order valence-corrected chi connectivity index (χ3v) is 3.59. The minimum atomic E-state index is -0.900. The molecule has 2 N–H and O–H groups in total. The van der Waals surface area contributed by atoms with E-state index in [1.165, 1.54) is 17.2 Å². The lowest BCUT2D eigenvalue weighted by Crippen LogP contribution is -1.92. The summed E-state index contributed by atoms with van der Waals surface area (Å²) in [7, 11) is 0. The van der Waals surface area contributed by atoms with E-state index in [1.807, 2.05) is 13.0 Å². The SMILES string of the molecule is CC(C)=CCC/C(C)=C/CC/C(=C/CC/C(C)=C/C(=O)O)CO. The van der Waals surface area contributed by atoms with Crippen LogP contribution in [0.4, 0.5) is 0 Å². The highest BCUT2D eigenvalue weighted by Gasteiger charge is 1.98. The first kappa shape index (κ1) is 21.4. The first-order chi connectivity index (χ1) is 10.8. The number of aliphatic hydroxyl groups is 1. The summed E-state index contributed by atoms with van der Waals surface area (Å²) in [6, 6.07) is 0. The molecule has 0 aliphatic rings. The molecule has 0 amide bonds. The number of hydrogen-bond donors (Lipinski definition) is 2. The summed E-state index contributed by atoms with van der Waals surface area (Å²) in [6.45, 7) is 8.28. The molecule has 0 radical (unpaired) electrons. The Morgan fingerprint density at radius 2 is 1.39 bits per heavy atom. The highest BCUT2D eigenvalue weighted by Crippen LogP contribution is 2.13. The molecule has 0 aromatic rings. The van der Waals surface area contributed by atoms with Crippen LogP contribution < -0.4 is 0 Å². The normalized spacial score (nSPS) is 13.2. The van der Waals surface area contributed by atoms with Crippen LogP contribution in [0.25, 0.3) is 0 Å². The minimum Gasteiger partial charge on any atom is -0.478 e. The quantitative estimate of drug-likeness (QED) is 0.407. The van der Waals surface area contributed by atoms with Gasteiger partial charge < -0.3 is 10.2 Å². The predicted molar refractivity (Wildman–Crippen MR) is 97.5 cm³/mol. The molecule has 0 aliphatic carbocycles. The van der Waals surface area contributed by atoms with Crippen LogP contribution in [-0.4, -0.2) is 22.8 Å². The fourth-order valence-corrected chi connectivity index (χ4v) is 2.23. The topological polar surface area (TPSA) is 57.5 Å². The predicted octanol–water partition coefficient (Wildman–Crippen LogP) is 5.19. The average Bonchev–Trinajstić information content (AvgIpc) is 2.44. The van der Waals surface area contributed by atoms with Crippen LogP contribution in [0.1, 0.15) is 66.2 Å². The summed E-state index contributed by atoms with van der Waals surface area (Å²) in [5.41, 5.74) is 4.62. The molecule has 0 spiro atoms. The van der Waals surface area contributed by atoms with Crippen LogP contribution in [0, 0.1) is 0 Å². The third-order valence-electron chi connectivity index (χ3n) is 3.59. The Morgan fingerprint density at radius 1 is 0.826 bits per heavy atom. The maximum atomic E-state index is 10.5. The maximum absolute atomic E-state index is 10.5. The Balaban J connectivity index is 4.20. The van der Waals surface area contributed by atoms with Gasteiger partial charge in [-0.3, -0.25) is 0 Å². The van der Waals surface area contributed by atoms with Crippen LogP contribution in [0.3, 0.4) is 0 Å². The van der Waals surface area contributed by atoms with Crippen molar-refractivity contribution in [1.82, 2.24) is 0 Å². The Kier molecular flexibility index (Phi) is 12.0. The molecule has 0 saturated heterocycles. The molecule has 0 aliphatic heterocycles.